The standard InChI is InChI=1S/C14H23N3O/c1-12(2)5-9-17-14(18)11-16-8-6-13-4-3-7-15-10-13/h3-4,7,10,12,16H,5-6,8-9,11H2,1-2H3,(H,17,18). The van der Waals surface area contributed by atoms with Gasteiger partial charge in [-0.05, 0) is 36.9 Å². The highest BCUT2D eigenvalue weighted by atomic mass is 16.1. The Balaban J connectivity index is 2.02. The first-order chi connectivity index (χ1) is 8.68. The third-order valence-electron chi connectivity index (χ3n) is 2.64. The van der Waals surface area contributed by atoms with Crippen LogP contribution in [0.3, 0.4) is 0 Å². The molecule has 1 amide bonds. The van der Waals surface area contributed by atoms with Crippen molar-refractivity contribution in [3.8, 4) is 0 Å². The Kier molecular flexibility index (Phi) is 7.03. The van der Waals surface area contributed by atoms with Gasteiger partial charge < -0.3 is 10.6 Å². The molecule has 4 heteroatoms. The van der Waals surface area contributed by atoms with Gasteiger partial charge in [0.1, 0.15) is 0 Å². The molecule has 0 saturated heterocycles. The number of nitrogens with zero attached hydrogens (tertiary/aromatic N) is 1. The summed E-state index contributed by atoms with van der Waals surface area (Å²) in [5.74, 6) is 0.700. The van der Waals surface area contributed by atoms with Gasteiger partial charge >= 0.3 is 0 Å². The fourth-order valence-electron chi connectivity index (χ4n) is 1.54. The molecule has 0 aliphatic carbocycles. The highest BCUT2D eigenvalue weighted by Gasteiger charge is 2.00. The van der Waals surface area contributed by atoms with E-state index >= 15 is 0 Å². The molecule has 0 saturated carbocycles. The van der Waals surface area contributed by atoms with E-state index < -0.39 is 0 Å². The molecule has 0 unspecified atom stereocenters. The van der Waals surface area contributed by atoms with Crippen LogP contribution in [-0.2, 0) is 11.2 Å². The van der Waals surface area contributed by atoms with Gasteiger partial charge in [-0.3, -0.25) is 9.78 Å². The third-order valence-corrected chi connectivity index (χ3v) is 2.64. The average Bonchev–Trinajstić information content (AvgIpc) is 2.35. The summed E-state index contributed by atoms with van der Waals surface area (Å²) < 4.78 is 0. The van der Waals surface area contributed by atoms with E-state index in [0.717, 1.165) is 25.9 Å². The Morgan fingerprint density at radius 2 is 2.22 bits per heavy atom. The van der Waals surface area contributed by atoms with Crippen molar-refractivity contribution in [3.63, 3.8) is 0 Å². The number of carbonyl (C=O) groups excluding carboxylic acids is 1. The number of amides is 1. The highest BCUT2D eigenvalue weighted by Crippen LogP contribution is 1.96. The smallest absolute Gasteiger partial charge is 0.233 e. The fourth-order valence-corrected chi connectivity index (χ4v) is 1.54. The van der Waals surface area contributed by atoms with Crippen LogP contribution in [0.2, 0.25) is 0 Å². The molecule has 2 N–H and O–H groups in total. The van der Waals surface area contributed by atoms with E-state index in [1.807, 2.05) is 18.3 Å². The van der Waals surface area contributed by atoms with Gasteiger partial charge in [0, 0.05) is 18.9 Å². The van der Waals surface area contributed by atoms with Gasteiger partial charge in [-0.25, -0.2) is 0 Å². The molecule has 1 aromatic rings. The van der Waals surface area contributed by atoms with Crippen molar-refractivity contribution in [2.24, 2.45) is 5.92 Å². The minimum Gasteiger partial charge on any atom is -0.355 e. The summed E-state index contributed by atoms with van der Waals surface area (Å²) in [6.45, 7) is 6.25. The number of carbonyl (C=O) groups is 1. The quantitative estimate of drug-likeness (QED) is 0.684. The average molecular weight is 249 g/mol. The van der Waals surface area contributed by atoms with Crippen LogP contribution in [0, 0.1) is 5.92 Å². The minimum atomic E-state index is 0.0711. The summed E-state index contributed by atoms with van der Waals surface area (Å²) in [5, 5.41) is 6.03. The Labute approximate surface area is 109 Å². The van der Waals surface area contributed by atoms with Crippen LogP contribution >= 0.6 is 0 Å². The van der Waals surface area contributed by atoms with Crippen LogP contribution in [0.4, 0.5) is 0 Å². The summed E-state index contributed by atoms with van der Waals surface area (Å²) in [5.41, 5.74) is 1.19. The van der Waals surface area contributed by atoms with Gasteiger partial charge in [-0.15, -0.1) is 0 Å². The van der Waals surface area contributed by atoms with E-state index in [4.69, 9.17) is 0 Å². The van der Waals surface area contributed by atoms with Crippen molar-refractivity contribution in [2.75, 3.05) is 19.6 Å². The van der Waals surface area contributed by atoms with Gasteiger partial charge in [0.05, 0.1) is 6.54 Å². The predicted molar refractivity (Wildman–Crippen MR) is 73.3 cm³/mol. The second-order valence-corrected chi connectivity index (χ2v) is 4.82. The molecule has 0 aromatic carbocycles. The molecular weight excluding hydrogens is 226 g/mol. The number of rotatable bonds is 8. The van der Waals surface area contributed by atoms with Gasteiger partial charge in [-0.2, -0.15) is 0 Å². The molecule has 0 fully saturated rings. The lowest BCUT2D eigenvalue weighted by Gasteiger charge is -2.08. The monoisotopic (exact) mass is 249 g/mol. The summed E-state index contributed by atoms with van der Waals surface area (Å²) in [7, 11) is 0. The molecule has 18 heavy (non-hydrogen) atoms. The van der Waals surface area contributed by atoms with Crippen molar-refractivity contribution >= 4 is 5.91 Å². The van der Waals surface area contributed by atoms with E-state index in [2.05, 4.69) is 29.5 Å². The van der Waals surface area contributed by atoms with Gasteiger partial charge in [0.15, 0.2) is 0 Å². The molecular formula is C14H23N3O. The molecule has 0 spiro atoms. The zero-order valence-electron chi connectivity index (χ0n) is 11.3. The molecule has 1 heterocycles. The lowest BCUT2D eigenvalue weighted by molar-refractivity contribution is -0.120. The van der Waals surface area contributed by atoms with Crippen molar-refractivity contribution < 1.29 is 4.79 Å². The third kappa shape index (κ3) is 7.01. The first-order valence-corrected chi connectivity index (χ1v) is 6.55. The molecule has 1 rings (SSSR count). The van der Waals surface area contributed by atoms with Crippen LogP contribution in [0.5, 0.6) is 0 Å². The van der Waals surface area contributed by atoms with E-state index in [0.29, 0.717) is 12.5 Å². The molecule has 1 aromatic heterocycles. The lowest BCUT2D eigenvalue weighted by Crippen LogP contribution is -2.35. The number of aromatic nitrogens is 1. The maximum atomic E-state index is 11.4. The first-order valence-electron chi connectivity index (χ1n) is 6.55. The normalized spacial score (nSPS) is 10.6. The number of pyridine rings is 1. The van der Waals surface area contributed by atoms with Crippen molar-refractivity contribution in [2.45, 2.75) is 26.7 Å². The zero-order valence-corrected chi connectivity index (χ0v) is 11.3. The van der Waals surface area contributed by atoms with Crippen LogP contribution in [0.1, 0.15) is 25.8 Å². The highest BCUT2D eigenvalue weighted by molar-refractivity contribution is 5.77. The van der Waals surface area contributed by atoms with Crippen LogP contribution in [-0.4, -0.2) is 30.5 Å². The van der Waals surface area contributed by atoms with E-state index in [-0.39, 0.29) is 5.91 Å². The Morgan fingerprint density at radius 3 is 2.89 bits per heavy atom. The molecule has 0 radical (unpaired) electrons. The molecule has 0 bridgehead atoms. The summed E-state index contributed by atoms with van der Waals surface area (Å²) in [4.78, 5) is 15.5. The molecule has 0 atom stereocenters. The number of hydrogen-bond acceptors (Lipinski definition) is 3. The van der Waals surface area contributed by atoms with E-state index in [1.165, 1.54) is 5.56 Å². The van der Waals surface area contributed by atoms with Crippen LogP contribution in [0.15, 0.2) is 24.5 Å². The second kappa shape index (κ2) is 8.64. The molecule has 4 nitrogen and oxygen atoms in total. The Bertz CT molecular complexity index is 338. The maximum absolute atomic E-state index is 11.4. The van der Waals surface area contributed by atoms with Crippen molar-refractivity contribution in [3.05, 3.63) is 30.1 Å². The predicted octanol–water partition coefficient (Wildman–Crippen LogP) is 1.38. The molecule has 0 aliphatic rings. The minimum absolute atomic E-state index is 0.0711. The Morgan fingerprint density at radius 1 is 1.39 bits per heavy atom. The van der Waals surface area contributed by atoms with Gasteiger partial charge in [0.25, 0.3) is 0 Å². The largest absolute Gasteiger partial charge is 0.355 e. The van der Waals surface area contributed by atoms with E-state index in [9.17, 15) is 4.79 Å². The zero-order chi connectivity index (χ0) is 13.2. The van der Waals surface area contributed by atoms with Crippen molar-refractivity contribution in [1.82, 2.24) is 15.6 Å². The second-order valence-electron chi connectivity index (χ2n) is 4.82. The molecule has 0 aliphatic heterocycles. The molecule has 100 valence electrons. The SMILES string of the molecule is CC(C)CCNC(=O)CNCCc1cccnc1. The topological polar surface area (TPSA) is 54.0 Å². The summed E-state index contributed by atoms with van der Waals surface area (Å²) in [6.07, 6.45) is 5.54. The number of nitrogens with one attached hydrogen (secondary N) is 2. The lowest BCUT2D eigenvalue weighted by atomic mass is 10.1. The number of hydrogen-bond donors (Lipinski definition) is 2. The van der Waals surface area contributed by atoms with Gasteiger partial charge in [-0.1, -0.05) is 19.9 Å². The Hall–Kier alpha value is -1.42. The summed E-state index contributed by atoms with van der Waals surface area (Å²) >= 11 is 0. The van der Waals surface area contributed by atoms with Gasteiger partial charge in [0.2, 0.25) is 5.91 Å². The van der Waals surface area contributed by atoms with Crippen LogP contribution in [0.25, 0.3) is 0 Å². The maximum Gasteiger partial charge on any atom is 0.233 e. The van der Waals surface area contributed by atoms with Crippen molar-refractivity contribution in [1.29, 1.82) is 0 Å². The fraction of sp³-hybridized carbons (Fsp3) is 0.571. The first kappa shape index (κ1) is 14.6. The summed E-state index contributed by atoms with van der Waals surface area (Å²) in [6, 6.07) is 3.96. The van der Waals surface area contributed by atoms with E-state index in [1.54, 1.807) is 6.20 Å². The van der Waals surface area contributed by atoms with Crippen LogP contribution < -0.4 is 10.6 Å².